The molecule has 6 nitrogen and oxygen atoms in total. The van der Waals surface area contributed by atoms with Crippen LogP contribution < -0.4 is 10.6 Å². The van der Waals surface area contributed by atoms with Crippen molar-refractivity contribution in [3.63, 3.8) is 0 Å². The van der Waals surface area contributed by atoms with Gasteiger partial charge in [0.1, 0.15) is 5.69 Å². The van der Waals surface area contributed by atoms with E-state index in [1.54, 1.807) is 5.38 Å². The van der Waals surface area contributed by atoms with Gasteiger partial charge in [-0.2, -0.15) is 0 Å². The largest absolute Gasteiger partial charge is 0.302 e. The first-order valence-corrected chi connectivity index (χ1v) is 10.3. The van der Waals surface area contributed by atoms with E-state index >= 15 is 0 Å². The number of amides is 2. The molecule has 0 aliphatic carbocycles. The number of thiazole rings is 2. The second-order valence-electron chi connectivity index (χ2n) is 6.04. The van der Waals surface area contributed by atoms with E-state index in [4.69, 9.17) is 0 Å². The zero-order chi connectivity index (χ0) is 19.4. The SMILES string of the molecule is CCCc1ccc(-c2nc(NC(=O)c3csc(NC(C)=O)n3)sc2C)cc1. The Kier molecular flexibility index (Phi) is 5.98. The van der Waals surface area contributed by atoms with Gasteiger partial charge in [-0.3, -0.25) is 14.9 Å². The van der Waals surface area contributed by atoms with Gasteiger partial charge in [0.25, 0.3) is 5.91 Å². The van der Waals surface area contributed by atoms with Gasteiger partial charge in [-0.15, -0.1) is 22.7 Å². The van der Waals surface area contributed by atoms with E-state index in [9.17, 15) is 9.59 Å². The number of nitrogens with zero attached hydrogens (tertiary/aromatic N) is 2. The van der Waals surface area contributed by atoms with E-state index in [0.717, 1.165) is 29.0 Å². The lowest BCUT2D eigenvalue weighted by atomic mass is 10.1. The summed E-state index contributed by atoms with van der Waals surface area (Å²) in [5.74, 6) is -0.567. The van der Waals surface area contributed by atoms with Crippen molar-refractivity contribution in [1.82, 2.24) is 9.97 Å². The predicted molar refractivity (Wildman–Crippen MR) is 111 cm³/mol. The average Bonchev–Trinajstić information content (AvgIpc) is 3.22. The van der Waals surface area contributed by atoms with Crippen molar-refractivity contribution < 1.29 is 9.59 Å². The second kappa shape index (κ2) is 8.41. The van der Waals surface area contributed by atoms with Gasteiger partial charge in [0.15, 0.2) is 10.3 Å². The molecule has 2 N–H and O–H groups in total. The Hall–Kier alpha value is -2.58. The summed E-state index contributed by atoms with van der Waals surface area (Å²) in [5, 5.41) is 7.89. The zero-order valence-electron chi connectivity index (χ0n) is 15.3. The standard InChI is InChI=1S/C19H20N4O2S2/c1-4-5-13-6-8-14(9-7-13)16-11(2)27-19(22-16)23-17(25)15-10-26-18(21-15)20-12(3)24/h6-10H,4-5H2,1-3H3,(H,20,21,24)(H,22,23,25). The summed E-state index contributed by atoms with van der Waals surface area (Å²) in [7, 11) is 0. The monoisotopic (exact) mass is 400 g/mol. The van der Waals surface area contributed by atoms with Crippen LogP contribution in [0.25, 0.3) is 11.3 Å². The van der Waals surface area contributed by atoms with Crippen LogP contribution in [0.4, 0.5) is 10.3 Å². The van der Waals surface area contributed by atoms with Crippen LogP contribution in [0, 0.1) is 6.92 Å². The van der Waals surface area contributed by atoms with E-state index in [1.165, 1.54) is 35.2 Å². The van der Waals surface area contributed by atoms with Gasteiger partial charge in [0, 0.05) is 22.7 Å². The summed E-state index contributed by atoms with van der Waals surface area (Å²) in [5.41, 5.74) is 3.46. The first-order chi connectivity index (χ1) is 13.0. The fraction of sp³-hybridized carbons (Fsp3) is 0.263. The molecule has 3 aromatic rings. The Labute approximate surface area is 165 Å². The molecule has 140 valence electrons. The molecule has 0 spiro atoms. The maximum absolute atomic E-state index is 12.4. The second-order valence-corrected chi connectivity index (χ2v) is 8.11. The minimum absolute atomic E-state index is 0.221. The molecular formula is C19H20N4O2S2. The number of aryl methyl sites for hydroxylation is 2. The molecule has 3 rings (SSSR count). The summed E-state index contributed by atoms with van der Waals surface area (Å²) >= 11 is 2.63. The highest BCUT2D eigenvalue weighted by Gasteiger charge is 2.16. The Balaban J connectivity index is 1.73. The third-order valence-corrected chi connectivity index (χ3v) is 5.45. The van der Waals surface area contributed by atoms with Gasteiger partial charge in [0.2, 0.25) is 5.91 Å². The van der Waals surface area contributed by atoms with Gasteiger partial charge in [-0.25, -0.2) is 9.97 Å². The quantitative estimate of drug-likeness (QED) is 0.626. The maximum Gasteiger partial charge on any atom is 0.276 e. The van der Waals surface area contributed by atoms with Crippen LogP contribution in [0.1, 0.15) is 41.2 Å². The zero-order valence-corrected chi connectivity index (χ0v) is 17.0. The third-order valence-electron chi connectivity index (χ3n) is 3.80. The topological polar surface area (TPSA) is 84.0 Å². The Morgan fingerprint density at radius 3 is 2.48 bits per heavy atom. The van der Waals surface area contributed by atoms with Crippen molar-refractivity contribution in [3.05, 3.63) is 45.8 Å². The number of carbonyl (C=O) groups is 2. The van der Waals surface area contributed by atoms with Crippen LogP contribution >= 0.6 is 22.7 Å². The summed E-state index contributed by atoms with van der Waals surface area (Å²) < 4.78 is 0. The first kappa shape index (κ1) is 19.2. The maximum atomic E-state index is 12.4. The van der Waals surface area contributed by atoms with Crippen molar-refractivity contribution in [2.45, 2.75) is 33.6 Å². The van der Waals surface area contributed by atoms with Gasteiger partial charge >= 0.3 is 0 Å². The summed E-state index contributed by atoms with van der Waals surface area (Å²) in [6.07, 6.45) is 2.18. The fourth-order valence-corrected chi connectivity index (χ4v) is 4.15. The molecule has 0 fully saturated rings. The van der Waals surface area contributed by atoms with Crippen molar-refractivity contribution >= 4 is 44.8 Å². The van der Waals surface area contributed by atoms with Crippen molar-refractivity contribution in [3.8, 4) is 11.3 Å². The van der Waals surface area contributed by atoms with E-state index in [-0.39, 0.29) is 17.5 Å². The number of nitrogens with one attached hydrogen (secondary N) is 2. The highest BCUT2D eigenvalue weighted by Crippen LogP contribution is 2.31. The van der Waals surface area contributed by atoms with Crippen LogP contribution in [0.3, 0.4) is 0 Å². The summed E-state index contributed by atoms with van der Waals surface area (Å²) in [4.78, 5) is 33.2. The molecule has 0 saturated heterocycles. The smallest absolute Gasteiger partial charge is 0.276 e. The molecule has 0 bridgehead atoms. The number of anilines is 2. The lowest BCUT2D eigenvalue weighted by molar-refractivity contribution is -0.114. The van der Waals surface area contributed by atoms with Crippen molar-refractivity contribution in [1.29, 1.82) is 0 Å². The van der Waals surface area contributed by atoms with E-state index in [0.29, 0.717) is 10.3 Å². The van der Waals surface area contributed by atoms with Crippen molar-refractivity contribution in [2.24, 2.45) is 0 Å². The summed E-state index contributed by atoms with van der Waals surface area (Å²) in [6, 6.07) is 8.38. The van der Waals surface area contributed by atoms with E-state index < -0.39 is 0 Å². The average molecular weight is 401 g/mol. The molecule has 2 heterocycles. The van der Waals surface area contributed by atoms with E-state index in [1.807, 2.05) is 6.92 Å². The van der Waals surface area contributed by atoms with Crippen LogP contribution in [0.15, 0.2) is 29.6 Å². The van der Waals surface area contributed by atoms with Gasteiger partial charge in [-0.1, -0.05) is 37.6 Å². The molecule has 2 amide bonds. The molecule has 0 saturated carbocycles. The predicted octanol–water partition coefficient (Wildman–Crippen LogP) is 4.74. The van der Waals surface area contributed by atoms with E-state index in [2.05, 4.69) is 51.8 Å². The number of benzene rings is 1. The molecular weight excluding hydrogens is 380 g/mol. The number of hydrogen-bond acceptors (Lipinski definition) is 6. The first-order valence-electron chi connectivity index (χ1n) is 8.57. The number of hydrogen-bond donors (Lipinski definition) is 2. The lowest BCUT2D eigenvalue weighted by Gasteiger charge is -2.02. The highest BCUT2D eigenvalue weighted by atomic mass is 32.1. The molecule has 0 aliphatic heterocycles. The highest BCUT2D eigenvalue weighted by molar-refractivity contribution is 7.16. The Bertz CT molecular complexity index is 961. The molecule has 1 aromatic carbocycles. The normalized spacial score (nSPS) is 10.6. The molecule has 0 aliphatic rings. The Morgan fingerprint density at radius 1 is 1.07 bits per heavy atom. The van der Waals surface area contributed by atoms with Crippen LogP contribution in [-0.2, 0) is 11.2 Å². The molecule has 2 aromatic heterocycles. The molecule has 27 heavy (non-hydrogen) atoms. The molecule has 0 unspecified atom stereocenters. The molecule has 0 radical (unpaired) electrons. The third kappa shape index (κ3) is 4.78. The van der Waals surface area contributed by atoms with Gasteiger partial charge < -0.3 is 5.32 Å². The number of rotatable bonds is 6. The van der Waals surface area contributed by atoms with Gasteiger partial charge in [-0.05, 0) is 18.9 Å². The molecule has 8 heteroatoms. The number of carbonyl (C=O) groups excluding carboxylic acids is 2. The van der Waals surface area contributed by atoms with Crippen LogP contribution in [0.2, 0.25) is 0 Å². The van der Waals surface area contributed by atoms with Gasteiger partial charge in [0.05, 0.1) is 5.69 Å². The fourth-order valence-electron chi connectivity index (χ4n) is 2.58. The van der Waals surface area contributed by atoms with Crippen LogP contribution in [-0.4, -0.2) is 21.8 Å². The minimum atomic E-state index is -0.346. The number of aromatic nitrogens is 2. The van der Waals surface area contributed by atoms with Crippen molar-refractivity contribution in [2.75, 3.05) is 10.6 Å². The minimum Gasteiger partial charge on any atom is -0.302 e. The molecule has 0 atom stereocenters. The van der Waals surface area contributed by atoms with Crippen LogP contribution in [0.5, 0.6) is 0 Å². The lowest BCUT2D eigenvalue weighted by Crippen LogP contribution is -2.12. The summed E-state index contributed by atoms with van der Waals surface area (Å²) in [6.45, 7) is 5.55. The Morgan fingerprint density at radius 2 is 1.81 bits per heavy atom.